The van der Waals surface area contributed by atoms with Crippen molar-refractivity contribution in [2.45, 2.75) is 19.4 Å². The van der Waals surface area contributed by atoms with Crippen molar-refractivity contribution in [1.29, 1.82) is 5.26 Å². The Balaban J connectivity index is 2.40. The first kappa shape index (κ1) is 14.5. The van der Waals surface area contributed by atoms with Crippen molar-refractivity contribution in [1.82, 2.24) is 10.6 Å². The molecule has 0 aliphatic heterocycles. The third kappa shape index (κ3) is 5.08. The van der Waals surface area contributed by atoms with E-state index in [-0.39, 0.29) is 30.8 Å². The number of rotatable bonds is 5. The Kier molecular flexibility index (Phi) is 5.35. The SMILES string of the molecule is CC(CC#N)NC(=O)CNC(=O)c1ccc(N)cc1. The van der Waals surface area contributed by atoms with Crippen LogP contribution in [0.15, 0.2) is 24.3 Å². The molecule has 1 rings (SSSR count). The topological polar surface area (TPSA) is 108 Å². The zero-order valence-corrected chi connectivity index (χ0v) is 10.6. The van der Waals surface area contributed by atoms with Crippen molar-refractivity contribution in [3.05, 3.63) is 29.8 Å². The second kappa shape index (κ2) is 7.01. The molecule has 0 saturated carbocycles. The molecule has 19 heavy (non-hydrogen) atoms. The number of nitrogens with one attached hydrogen (secondary N) is 2. The first-order valence-electron chi connectivity index (χ1n) is 5.83. The lowest BCUT2D eigenvalue weighted by atomic mass is 10.2. The molecule has 1 atom stereocenters. The first-order chi connectivity index (χ1) is 9.02. The molecule has 0 aliphatic carbocycles. The predicted molar refractivity (Wildman–Crippen MR) is 71.0 cm³/mol. The maximum atomic E-state index is 11.7. The van der Waals surface area contributed by atoms with E-state index in [1.54, 1.807) is 31.2 Å². The van der Waals surface area contributed by atoms with E-state index in [0.717, 1.165) is 0 Å². The number of hydrogen-bond donors (Lipinski definition) is 3. The summed E-state index contributed by atoms with van der Waals surface area (Å²) in [5, 5.41) is 13.5. The van der Waals surface area contributed by atoms with E-state index >= 15 is 0 Å². The average Bonchev–Trinajstić information content (AvgIpc) is 2.37. The highest BCUT2D eigenvalue weighted by atomic mass is 16.2. The van der Waals surface area contributed by atoms with E-state index in [9.17, 15) is 9.59 Å². The molecule has 0 saturated heterocycles. The first-order valence-corrected chi connectivity index (χ1v) is 5.83. The van der Waals surface area contributed by atoms with E-state index in [1.807, 2.05) is 6.07 Å². The molecule has 6 nitrogen and oxygen atoms in total. The summed E-state index contributed by atoms with van der Waals surface area (Å²) in [4.78, 5) is 23.2. The normalized spacial score (nSPS) is 11.2. The summed E-state index contributed by atoms with van der Waals surface area (Å²) in [5.41, 5.74) is 6.52. The number of benzene rings is 1. The minimum Gasteiger partial charge on any atom is -0.399 e. The highest BCUT2D eigenvalue weighted by molar-refractivity contribution is 5.96. The van der Waals surface area contributed by atoms with Gasteiger partial charge in [-0.1, -0.05) is 0 Å². The quantitative estimate of drug-likeness (QED) is 0.666. The Bertz CT molecular complexity index is 490. The summed E-state index contributed by atoms with van der Waals surface area (Å²) >= 11 is 0. The molecule has 1 aromatic carbocycles. The summed E-state index contributed by atoms with van der Waals surface area (Å²) in [6, 6.07) is 8.12. The third-order valence-corrected chi connectivity index (χ3v) is 2.39. The summed E-state index contributed by atoms with van der Waals surface area (Å²) in [6.45, 7) is 1.60. The number of nitrogens with two attached hydrogens (primary N) is 1. The molecular weight excluding hydrogens is 244 g/mol. The molecule has 0 bridgehead atoms. The van der Waals surface area contributed by atoms with Gasteiger partial charge in [-0.2, -0.15) is 5.26 Å². The standard InChI is InChI=1S/C13H16N4O2/c1-9(6-7-14)17-12(18)8-16-13(19)10-2-4-11(15)5-3-10/h2-5,9H,6,8,15H2,1H3,(H,16,19)(H,17,18). The molecule has 1 unspecified atom stereocenters. The number of nitrogen functional groups attached to an aromatic ring is 1. The van der Waals surface area contributed by atoms with Crippen LogP contribution in [0.3, 0.4) is 0 Å². The van der Waals surface area contributed by atoms with Crippen LogP contribution >= 0.6 is 0 Å². The molecule has 6 heteroatoms. The number of anilines is 1. The van der Waals surface area contributed by atoms with E-state index in [2.05, 4.69) is 10.6 Å². The predicted octanol–water partition coefficient (Wildman–Crippen LogP) is 0.417. The van der Waals surface area contributed by atoms with Crippen LogP contribution in [0, 0.1) is 11.3 Å². The molecule has 0 aliphatic rings. The van der Waals surface area contributed by atoms with Crippen LogP contribution in [0.5, 0.6) is 0 Å². The molecule has 0 heterocycles. The van der Waals surface area contributed by atoms with Crippen molar-refractivity contribution in [3.63, 3.8) is 0 Å². The Morgan fingerprint density at radius 2 is 2.00 bits per heavy atom. The molecule has 100 valence electrons. The fraction of sp³-hybridized carbons (Fsp3) is 0.308. The van der Waals surface area contributed by atoms with Crippen LogP contribution in [0.25, 0.3) is 0 Å². The molecule has 0 radical (unpaired) electrons. The lowest BCUT2D eigenvalue weighted by molar-refractivity contribution is -0.120. The summed E-state index contributed by atoms with van der Waals surface area (Å²) in [6.07, 6.45) is 0.234. The molecule has 4 N–H and O–H groups in total. The van der Waals surface area contributed by atoms with Crippen LogP contribution in [0.1, 0.15) is 23.7 Å². The molecule has 0 spiro atoms. The second-order valence-corrected chi connectivity index (χ2v) is 4.14. The summed E-state index contributed by atoms with van der Waals surface area (Å²) in [5.74, 6) is -0.672. The van der Waals surface area contributed by atoms with Crippen molar-refractivity contribution < 1.29 is 9.59 Å². The van der Waals surface area contributed by atoms with E-state index in [4.69, 9.17) is 11.0 Å². The summed E-state index contributed by atoms with van der Waals surface area (Å²) in [7, 11) is 0. The maximum Gasteiger partial charge on any atom is 0.251 e. The van der Waals surface area contributed by atoms with Crippen molar-refractivity contribution in [2.75, 3.05) is 12.3 Å². The van der Waals surface area contributed by atoms with Gasteiger partial charge in [0.05, 0.1) is 19.0 Å². The monoisotopic (exact) mass is 260 g/mol. The van der Waals surface area contributed by atoms with Gasteiger partial charge < -0.3 is 16.4 Å². The fourth-order valence-electron chi connectivity index (χ4n) is 1.41. The molecule has 1 aromatic rings. The van der Waals surface area contributed by atoms with Crippen LogP contribution in [0.2, 0.25) is 0 Å². The maximum absolute atomic E-state index is 11.7. The van der Waals surface area contributed by atoms with Gasteiger partial charge in [-0.05, 0) is 31.2 Å². The molecular formula is C13H16N4O2. The van der Waals surface area contributed by atoms with Gasteiger partial charge in [-0.25, -0.2) is 0 Å². The average molecular weight is 260 g/mol. The van der Waals surface area contributed by atoms with Gasteiger partial charge in [0.25, 0.3) is 5.91 Å². The zero-order valence-electron chi connectivity index (χ0n) is 10.6. The Morgan fingerprint density at radius 3 is 2.58 bits per heavy atom. The number of carbonyl (C=O) groups is 2. The zero-order chi connectivity index (χ0) is 14.3. The van der Waals surface area contributed by atoms with Crippen LogP contribution in [0.4, 0.5) is 5.69 Å². The number of carbonyl (C=O) groups excluding carboxylic acids is 2. The highest BCUT2D eigenvalue weighted by Gasteiger charge is 2.09. The van der Waals surface area contributed by atoms with Gasteiger partial charge >= 0.3 is 0 Å². The van der Waals surface area contributed by atoms with Gasteiger partial charge in [0.15, 0.2) is 0 Å². The van der Waals surface area contributed by atoms with Gasteiger partial charge in [-0.3, -0.25) is 9.59 Å². The van der Waals surface area contributed by atoms with Gasteiger partial charge in [-0.15, -0.1) is 0 Å². The number of amides is 2. The largest absolute Gasteiger partial charge is 0.399 e. The van der Waals surface area contributed by atoms with Crippen molar-refractivity contribution >= 4 is 17.5 Å². The summed E-state index contributed by atoms with van der Waals surface area (Å²) < 4.78 is 0. The van der Waals surface area contributed by atoms with E-state index in [1.165, 1.54) is 0 Å². The van der Waals surface area contributed by atoms with Gasteiger partial charge in [0.2, 0.25) is 5.91 Å². The minimum absolute atomic E-state index is 0.126. The molecule has 0 fully saturated rings. The smallest absolute Gasteiger partial charge is 0.251 e. The highest BCUT2D eigenvalue weighted by Crippen LogP contribution is 2.04. The number of nitriles is 1. The van der Waals surface area contributed by atoms with Crippen LogP contribution in [-0.4, -0.2) is 24.4 Å². The van der Waals surface area contributed by atoms with Gasteiger partial charge in [0, 0.05) is 17.3 Å². The lowest BCUT2D eigenvalue weighted by Crippen LogP contribution is -2.40. The van der Waals surface area contributed by atoms with E-state index in [0.29, 0.717) is 11.3 Å². The fourth-order valence-corrected chi connectivity index (χ4v) is 1.41. The minimum atomic E-state index is -0.344. The van der Waals surface area contributed by atoms with Crippen molar-refractivity contribution in [3.8, 4) is 6.07 Å². The van der Waals surface area contributed by atoms with Crippen LogP contribution < -0.4 is 16.4 Å². The molecule has 2 amide bonds. The molecule has 0 aromatic heterocycles. The second-order valence-electron chi connectivity index (χ2n) is 4.14. The number of nitrogens with zero attached hydrogens (tertiary/aromatic N) is 1. The van der Waals surface area contributed by atoms with E-state index < -0.39 is 0 Å². The van der Waals surface area contributed by atoms with Crippen LogP contribution in [-0.2, 0) is 4.79 Å². The van der Waals surface area contributed by atoms with Crippen molar-refractivity contribution in [2.24, 2.45) is 0 Å². The van der Waals surface area contributed by atoms with Gasteiger partial charge in [0.1, 0.15) is 0 Å². The Hall–Kier alpha value is -2.55. The Labute approximate surface area is 111 Å². The third-order valence-electron chi connectivity index (χ3n) is 2.39. The lowest BCUT2D eigenvalue weighted by Gasteiger charge is -2.11. The number of hydrogen-bond acceptors (Lipinski definition) is 4. The Morgan fingerprint density at radius 1 is 1.37 bits per heavy atom.